The molecule has 0 aliphatic carbocycles. The summed E-state index contributed by atoms with van der Waals surface area (Å²) >= 11 is -0.764. The second kappa shape index (κ2) is 12.0. The Kier molecular flexibility index (Phi) is 9.08. The van der Waals surface area contributed by atoms with Crippen molar-refractivity contribution in [1.29, 1.82) is 0 Å². The Morgan fingerprint density at radius 2 is 1.98 bits per heavy atom. The maximum Gasteiger partial charge on any atom is 0.363 e. The number of aliphatic hydroxyl groups is 1. The van der Waals surface area contributed by atoms with Gasteiger partial charge in [0.15, 0.2) is 0 Å². The van der Waals surface area contributed by atoms with Gasteiger partial charge in [0.2, 0.25) is 17.2 Å². The normalized spacial score (nSPS) is 27.9. The van der Waals surface area contributed by atoms with Crippen LogP contribution in [-0.2, 0) is 25.6 Å². The van der Waals surface area contributed by atoms with E-state index in [-0.39, 0.29) is 34.2 Å². The van der Waals surface area contributed by atoms with Crippen molar-refractivity contribution in [2.45, 2.75) is 43.7 Å². The van der Waals surface area contributed by atoms with E-state index in [4.69, 9.17) is 9.29 Å². The third-order valence-electron chi connectivity index (χ3n) is 7.46. The lowest BCUT2D eigenvalue weighted by Crippen LogP contribution is -2.63. The summed E-state index contributed by atoms with van der Waals surface area (Å²) in [6.45, 7) is 4.49. The number of β-lactam (4-membered cyclic amide) rings is 1. The molecule has 1 aromatic carbocycles. The molecule has 0 radical (unpaired) electrons. The zero-order valence-electron chi connectivity index (χ0n) is 22.3. The summed E-state index contributed by atoms with van der Waals surface area (Å²) in [5.74, 6) is -3.44. The fourth-order valence-electron chi connectivity index (χ4n) is 5.57. The SMILES string of the molecule is C[C@@H](O)[C@H]1C(=O)N2C(C(=O)OC(=O)c3ccc([N+](=O)[O-])cc3)=C(SC3C[C@@H](CN(C)NS(=O)O)N(C)C3)[C@H](C)[C@H]12. The van der Waals surface area contributed by atoms with Crippen LogP contribution in [0.4, 0.5) is 5.69 Å². The molecule has 0 spiro atoms. The lowest BCUT2D eigenvalue weighted by Gasteiger charge is -2.46. The Morgan fingerprint density at radius 1 is 1.32 bits per heavy atom. The molecule has 218 valence electrons. The molecule has 2 saturated heterocycles. The van der Waals surface area contributed by atoms with Gasteiger partial charge in [-0.2, -0.15) is 0 Å². The number of hydrazine groups is 1. The van der Waals surface area contributed by atoms with Gasteiger partial charge in [-0.3, -0.25) is 19.5 Å². The first-order valence-electron chi connectivity index (χ1n) is 12.5. The van der Waals surface area contributed by atoms with Crippen LogP contribution in [0, 0.1) is 22.0 Å². The van der Waals surface area contributed by atoms with Crippen LogP contribution in [0.3, 0.4) is 0 Å². The van der Waals surface area contributed by atoms with Crippen molar-refractivity contribution in [3.05, 3.63) is 50.5 Å². The first-order chi connectivity index (χ1) is 18.8. The molecular formula is C24H31N5O9S2. The van der Waals surface area contributed by atoms with Crippen LogP contribution in [0.5, 0.6) is 0 Å². The summed E-state index contributed by atoms with van der Waals surface area (Å²) in [7, 11) is 3.59. The molecular weight excluding hydrogens is 566 g/mol. The first kappa shape index (κ1) is 30.2. The van der Waals surface area contributed by atoms with Crippen LogP contribution < -0.4 is 4.83 Å². The number of likely N-dealkylation sites (N-methyl/N-ethyl adjacent to an activating group) is 2. The summed E-state index contributed by atoms with van der Waals surface area (Å²) < 4.78 is 25.3. The van der Waals surface area contributed by atoms with E-state index in [1.54, 1.807) is 7.05 Å². The summed E-state index contributed by atoms with van der Waals surface area (Å²) in [5.41, 5.74) is -0.311. The van der Waals surface area contributed by atoms with Gasteiger partial charge in [-0.25, -0.2) is 18.8 Å². The molecule has 7 atom stereocenters. The minimum atomic E-state index is -2.19. The predicted molar refractivity (Wildman–Crippen MR) is 144 cm³/mol. The number of nitro benzene ring substituents is 1. The third kappa shape index (κ3) is 5.97. The van der Waals surface area contributed by atoms with Gasteiger partial charge in [-0.15, -0.1) is 16.6 Å². The van der Waals surface area contributed by atoms with Crippen LogP contribution in [0.2, 0.25) is 0 Å². The molecule has 0 bridgehead atoms. The van der Waals surface area contributed by atoms with E-state index in [1.807, 2.05) is 14.0 Å². The van der Waals surface area contributed by atoms with Gasteiger partial charge in [-0.05, 0) is 32.5 Å². The molecule has 3 N–H and O–H groups in total. The summed E-state index contributed by atoms with van der Waals surface area (Å²) in [6, 6.07) is 4.20. The lowest BCUT2D eigenvalue weighted by molar-refractivity contribution is -0.384. The standard InChI is InChI=1S/C24H31N5O9S2/c1-12-19-18(13(2)30)22(31)28(19)20(24(33)38-23(32)14-5-7-15(8-6-14)29(34)35)21(12)39-17-9-16(26(3)11-17)10-27(4)25-40(36)37/h5-8,12-13,16-19,25,30H,9-11H2,1-4H3,(H,36,37)/t12-,13-,16+,17?,18-,19-/m1/s1. The van der Waals surface area contributed by atoms with Gasteiger partial charge in [0, 0.05) is 54.4 Å². The number of nitrogens with one attached hydrogen (secondary N) is 1. The average molecular weight is 598 g/mol. The number of hydrogen-bond donors (Lipinski definition) is 3. The van der Waals surface area contributed by atoms with Crippen molar-refractivity contribution in [3.63, 3.8) is 0 Å². The Bertz CT molecular complexity index is 1260. The molecule has 14 nitrogen and oxygen atoms in total. The third-order valence-corrected chi connectivity index (χ3v) is 9.42. The monoisotopic (exact) mass is 597 g/mol. The van der Waals surface area contributed by atoms with Crippen LogP contribution in [0.25, 0.3) is 0 Å². The fraction of sp³-hybridized carbons (Fsp3) is 0.542. The maximum absolute atomic E-state index is 13.4. The van der Waals surface area contributed by atoms with Crippen LogP contribution in [0.15, 0.2) is 34.9 Å². The van der Waals surface area contributed by atoms with Crippen molar-refractivity contribution in [3.8, 4) is 0 Å². The number of non-ortho nitro benzene ring substituents is 1. The molecule has 3 aliphatic rings. The number of ether oxygens (including phenoxy) is 1. The zero-order chi connectivity index (χ0) is 29.5. The summed E-state index contributed by atoms with van der Waals surface area (Å²) in [6.07, 6.45) is -0.245. The molecule has 3 heterocycles. The molecule has 16 heteroatoms. The van der Waals surface area contributed by atoms with E-state index < -0.39 is 52.1 Å². The number of nitrogens with zero attached hydrogens (tertiary/aromatic N) is 4. The second-order valence-electron chi connectivity index (χ2n) is 10.2. The molecule has 1 amide bonds. The first-order valence-corrected chi connectivity index (χ1v) is 14.5. The lowest BCUT2D eigenvalue weighted by atomic mass is 9.79. The van der Waals surface area contributed by atoms with Crippen molar-refractivity contribution < 1.29 is 37.9 Å². The molecule has 0 aromatic heterocycles. The number of amides is 1. The highest BCUT2D eigenvalue weighted by atomic mass is 32.2. The highest BCUT2D eigenvalue weighted by molar-refractivity contribution is 8.03. The van der Waals surface area contributed by atoms with Crippen LogP contribution >= 0.6 is 11.8 Å². The highest BCUT2D eigenvalue weighted by Crippen LogP contribution is 2.52. The number of hydrogen-bond acceptors (Lipinski definition) is 11. The molecule has 0 saturated carbocycles. The fourth-order valence-corrected chi connectivity index (χ4v) is 7.55. The number of thioether (sulfide) groups is 1. The Balaban J connectivity index is 1.55. The summed E-state index contributed by atoms with van der Waals surface area (Å²) in [5, 5.41) is 22.7. The number of benzene rings is 1. The topological polar surface area (TPSA) is 183 Å². The highest BCUT2D eigenvalue weighted by Gasteiger charge is 2.60. The van der Waals surface area contributed by atoms with Crippen molar-refractivity contribution in [2.24, 2.45) is 11.8 Å². The molecule has 2 fully saturated rings. The molecule has 3 aliphatic heterocycles. The van der Waals surface area contributed by atoms with Gasteiger partial charge in [0.1, 0.15) is 5.70 Å². The number of carbonyl (C=O) groups is 3. The van der Waals surface area contributed by atoms with Crippen molar-refractivity contribution >= 4 is 46.6 Å². The Labute approximate surface area is 237 Å². The van der Waals surface area contributed by atoms with E-state index >= 15 is 0 Å². The number of nitro groups is 1. The van der Waals surface area contributed by atoms with E-state index in [2.05, 4.69) is 9.73 Å². The Morgan fingerprint density at radius 3 is 2.55 bits per heavy atom. The number of likely N-dealkylation sites (tertiary alicyclic amines) is 1. The van der Waals surface area contributed by atoms with E-state index in [1.165, 1.54) is 40.7 Å². The minimum absolute atomic E-state index is 0.00690. The number of carbonyl (C=O) groups excluding carboxylic acids is 3. The smallest absolute Gasteiger partial charge is 0.363 e. The quantitative estimate of drug-likeness (QED) is 0.0860. The van der Waals surface area contributed by atoms with Gasteiger partial charge in [0.05, 0.1) is 28.6 Å². The van der Waals surface area contributed by atoms with Crippen LogP contribution in [0.1, 0.15) is 30.6 Å². The van der Waals surface area contributed by atoms with Crippen LogP contribution in [-0.4, -0.2) is 102 Å². The molecule has 4 rings (SSSR count). The van der Waals surface area contributed by atoms with E-state index in [0.717, 1.165) is 12.1 Å². The largest absolute Gasteiger partial charge is 0.393 e. The molecule has 1 aromatic rings. The number of aliphatic hydroxyl groups excluding tert-OH is 1. The van der Waals surface area contributed by atoms with Gasteiger partial charge < -0.3 is 19.6 Å². The van der Waals surface area contributed by atoms with Crippen molar-refractivity contribution in [2.75, 3.05) is 27.2 Å². The number of esters is 2. The van der Waals surface area contributed by atoms with Gasteiger partial charge >= 0.3 is 11.9 Å². The number of rotatable bonds is 10. The van der Waals surface area contributed by atoms with Gasteiger partial charge in [0.25, 0.3) is 5.69 Å². The van der Waals surface area contributed by atoms with E-state index in [0.29, 0.717) is 24.4 Å². The molecule has 2 unspecified atom stereocenters. The van der Waals surface area contributed by atoms with E-state index in [9.17, 15) is 33.8 Å². The number of fused-ring (bicyclic) bond motifs is 1. The minimum Gasteiger partial charge on any atom is -0.393 e. The average Bonchev–Trinajstić information content (AvgIpc) is 3.32. The zero-order valence-corrected chi connectivity index (χ0v) is 23.9. The van der Waals surface area contributed by atoms with Crippen molar-refractivity contribution in [1.82, 2.24) is 19.6 Å². The van der Waals surface area contributed by atoms with Gasteiger partial charge in [-0.1, -0.05) is 6.92 Å². The maximum atomic E-state index is 13.4. The second-order valence-corrected chi connectivity index (χ2v) is 12.3. The predicted octanol–water partition coefficient (Wildman–Crippen LogP) is 0.726. The molecule has 40 heavy (non-hydrogen) atoms. The summed E-state index contributed by atoms with van der Waals surface area (Å²) in [4.78, 5) is 55.8. The Hall–Kier alpha value is -2.73.